The lowest BCUT2D eigenvalue weighted by Gasteiger charge is -2.42. The van der Waals surface area contributed by atoms with E-state index in [9.17, 15) is 15.0 Å². The van der Waals surface area contributed by atoms with Crippen LogP contribution in [0.5, 0.6) is 11.5 Å². The van der Waals surface area contributed by atoms with Crippen LogP contribution in [0.25, 0.3) is 0 Å². The van der Waals surface area contributed by atoms with Crippen molar-refractivity contribution >= 4 is 28.9 Å². The summed E-state index contributed by atoms with van der Waals surface area (Å²) < 4.78 is 10.8. The number of thiocarbonyl (C=S) groups is 1. The Hall–Kier alpha value is -2.36. The molecule has 0 radical (unpaired) electrons. The molecular formula is C19H23N3O5S. The van der Waals surface area contributed by atoms with Crippen LogP contribution in [-0.2, 0) is 4.79 Å². The van der Waals surface area contributed by atoms with Gasteiger partial charge in [-0.15, -0.1) is 6.58 Å². The molecule has 1 amide bonds. The molecule has 2 fully saturated rings. The maximum atomic E-state index is 13.1. The number of likely N-dealkylation sites (N-methyl/N-ethyl adjacent to an activating group) is 1. The predicted molar refractivity (Wildman–Crippen MR) is 106 cm³/mol. The number of hydrogen-bond donors (Lipinski definition) is 3. The van der Waals surface area contributed by atoms with Gasteiger partial charge in [-0.1, -0.05) is 6.08 Å². The van der Waals surface area contributed by atoms with Crippen molar-refractivity contribution in [3.8, 4) is 11.5 Å². The van der Waals surface area contributed by atoms with Gasteiger partial charge in [-0.25, -0.2) is 0 Å². The highest BCUT2D eigenvalue weighted by atomic mass is 32.1. The Labute approximate surface area is 168 Å². The second kappa shape index (κ2) is 7.23. The van der Waals surface area contributed by atoms with Gasteiger partial charge in [0, 0.05) is 25.3 Å². The third-order valence-corrected chi connectivity index (χ3v) is 5.89. The number of carbonyl (C=O) groups is 1. The number of anilines is 1. The molecule has 1 aliphatic carbocycles. The van der Waals surface area contributed by atoms with Gasteiger partial charge in [0.1, 0.15) is 6.10 Å². The minimum atomic E-state index is -1.03. The number of aliphatic hydroxyl groups is 2. The normalized spacial score (nSPS) is 30.6. The molecule has 3 N–H and O–H groups in total. The van der Waals surface area contributed by atoms with Crippen molar-refractivity contribution in [2.75, 3.05) is 25.3 Å². The number of ether oxygens (including phenoxy) is 2. The van der Waals surface area contributed by atoms with Gasteiger partial charge in [-0.3, -0.25) is 4.79 Å². The summed E-state index contributed by atoms with van der Waals surface area (Å²) in [6, 6.07) is 4.45. The molecule has 1 aromatic rings. The minimum absolute atomic E-state index is 0.127. The van der Waals surface area contributed by atoms with E-state index in [0.29, 0.717) is 23.2 Å². The van der Waals surface area contributed by atoms with Gasteiger partial charge in [0.2, 0.25) is 12.7 Å². The first-order valence-electron chi connectivity index (χ1n) is 9.13. The maximum Gasteiger partial charge on any atom is 0.231 e. The zero-order chi connectivity index (χ0) is 20.0. The number of fused-ring (bicyclic) bond motifs is 2. The lowest BCUT2D eigenvalue weighted by Crippen LogP contribution is -2.61. The Kier molecular flexibility index (Phi) is 4.90. The summed E-state index contributed by atoms with van der Waals surface area (Å²) in [6.07, 6.45) is -0.250. The summed E-state index contributed by atoms with van der Waals surface area (Å²) in [5, 5.41) is 24.4. The molecule has 1 saturated heterocycles. The summed E-state index contributed by atoms with van der Waals surface area (Å²) in [4.78, 5) is 16.5. The summed E-state index contributed by atoms with van der Waals surface area (Å²) in [6.45, 7) is 4.23. The van der Waals surface area contributed by atoms with E-state index in [2.05, 4.69) is 11.9 Å². The zero-order valence-corrected chi connectivity index (χ0v) is 16.3. The Morgan fingerprint density at radius 1 is 1.43 bits per heavy atom. The smallest absolute Gasteiger partial charge is 0.231 e. The van der Waals surface area contributed by atoms with E-state index in [4.69, 9.17) is 21.7 Å². The Morgan fingerprint density at radius 3 is 2.93 bits per heavy atom. The van der Waals surface area contributed by atoms with Crippen molar-refractivity contribution in [1.29, 1.82) is 0 Å². The highest BCUT2D eigenvalue weighted by molar-refractivity contribution is 7.80. The van der Waals surface area contributed by atoms with Crippen LogP contribution in [0.3, 0.4) is 0 Å². The van der Waals surface area contributed by atoms with Gasteiger partial charge in [0.05, 0.1) is 24.1 Å². The quantitative estimate of drug-likeness (QED) is 0.484. The fourth-order valence-electron chi connectivity index (χ4n) is 4.23. The fourth-order valence-corrected chi connectivity index (χ4v) is 4.59. The van der Waals surface area contributed by atoms with E-state index in [0.717, 1.165) is 5.69 Å². The third-order valence-electron chi connectivity index (χ3n) is 5.58. The van der Waals surface area contributed by atoms with Crippen molar-refractivity contribution in [2.45, 2.75) is 30.7 Å². The Morgan fingerprint density at radius 2 is 2.18 bits per heavy atom. The van der Waals surface area contributed by atoms with E-state index in [1.54, 1.807) is 24.1 Å². The van der Waals surface area contributed by atoms with Crippen molar-refractivity contribution in [2.24, 2.45) is 5.92 Å². The van der Waals surface area contributed by atoms with Gasteiger partial charge in [0.15, 0.2) is 16.6 Å². The largest absolute Gasteiger partial charge is 0.454 e. The average molecular weight is 405 g/mol. The molecule has 5 atom stereocenters. The van der Waals surface area contributed by atoms with Crippen molar-refractivity contribution in [3.05, 3.63) is 30.9 Å². The first-order chi connectivity index (χ1) is 13.4. The number of carbonyl (C=O) groups excluding carboxylic acids is 1. The maximum absolute atomic E-state index is 13.1. The van der Waals surface area contributed by atoms with E-state index >= 15 is 0 Å². The second-order valence-corrected chi connectivity index (χ2v) is 7.67. The van der Waals surface area contributed by atoms with Crippen LogP contribution < -0.4 is 19.7 Å². The van der Waals surface area contributed by atoms with Crippen molar-refractivity contribution < 1.29 is 24.5 Å². The average Bonchev–Trinajstić information content (AvgIpc) is 3.27. The molecule has 0 aromatic heterocycles. The lowest BCUT2D eigenvalue weighted by molar-refractivity contribution is -0.139. The molecule has 0 bridgehead atoms. The van der Waals surface area contributed by atoms with Crippen molar-refractivity contribution in [3.63, 3.8) is 0 Å². The van der Waals surface area contributed by atoms with Gasteiger partial charge in [0.25, 0.3) is 0 Å². The van der Waals surface area contributed by atoms with Gasteiger partial charge in [-0.05, 0) is 30.8 Å². The molecule has 28 heavy (non-hydrogen) atoms. The van der Waals surface area contributed by atoms with Crippen LogP contribution in [0.15, 0.2) is 30.9 Å². The van der Waals surface area contributed by atoms with Crippen LogP contribution in [0.1, 0.15) is 6.42 Å². The molecule has 9 heteroatoms. The first-order valence-corrected chi connectivity index (χ1v) is 9.54. The number of hydrogen-bond acceptors (Lipinski definition) is 6. The summed E-state index contributed by atoms with van der Waals surface area (Å²) >= 11 is 5.52. The van der Waals surface area contributed by atoms with Crippen molar-refractivity contribution in [1.82, 2.24) is 10.2 Å². The molecule has 4 rings (SSSR count). The highest BCUT2D eigenvalue weighted by Gasteiger charge is 2.54. The first kappa shape index (κ1) is 19.0. The van der Waals surface area contributed by atoms with Gasteiger partial charge < -0.3 is 34.8 Å². The molecule has 1 aromatic carbocycles. The SMILES string of the molecule is C=CCN(C)C(=O)C1CC(O)C(O)C2NC(=S)N(c3ccc4c(c3)OCO4)C12. The molecule has 3 aliphatic rings. The number of benzene rings is 1. The molecule has 5 unspecified atom stereocenters. The van der Waals surface area contributed by atoms with Crippen LogP contribution in [0.4, 0.5) is 5.69 Å². The van der Waals surface area contributed by atoms with Crippen LogP contribution in [0, 0.1) is 5.92 Å². The molecule has 150 valence electrons. The van der Waals surface area contributed by atoms with E-state index in [-0.39, 0.29) is 19.1 Å². The fraction of sp³-hybridized carbons (Fsp3) is 0.474. The second-order valence-electron chi connectivity index (χ2n) is 7.28. The summed E-state index contributed by atoms with van der Waals surface area (Å²) in [5.41, 5.74) is 0.738. The monoisotopic (exact) mass is 405 g/mol. The zero-order valence-electron chi connectivity index (χ0n) is 15.4. The van der Waals surface area contributed by atoms with E-state index in [1.807, 2.05) is 17.0 Å². The Bertz CT molecular complexity index is 819. The number of nitrogens with one attached hydrogen (secondary N) is 1. The minimum Gasteiger partial charge on any atom is -0.454 e. The number of amides is 1. The lowest BCUT2D eigenvalue weighted by atomic mass is 9.77. The van der Waals surface area contributed by atoms with E-state index < -0.39 is 30.2 Å². The van der Waals surface area contributed by atoms with Crippen LogP contribution in [-0.4, -0.2) is 70.8 Å². The molecule has 8 nitrogen and oxygen atoms in total. The number of aliphatic hydroxyl groups excluding tert-OH is 2. The molecule has 2 aliphatic heterocycles. The van der Waals surface area contributed by atoms with Gasteiger partial charge in [-0.2, -0.15) is 0 Å². The number of rotatable bonds is 4. The molecular weight excluding hydrogens is 382 g/mol. The van der Waals surface area contributed by atoms with E-state index in [1.165, 1.54) is 0 Å². The molecule has 0 spiro atoms. The highest BCUT2D eigenvalue weighted by Crippen LogP contribution is 2.41. The predicted octanol–water partition coefficient (Wildman–Crippen LogP) is 0.233. The number of nitrogens with zero attached hydrogens (tertiary/aromatic N) is 2. The summed E-state index contributed by atoms with van der Waals surface area (Å²) in [7, 11) is 1.70. The topological polar surface area (TPSA) is 94.5 Å². The molecule has 2 heterocycles. The van der Waals surface area contributed by atoms with Crippen LogP contribution >= 0.6 is 12.2 Å². The van der Waals surface area contributed by atoms with Crippen LogP contribution in [0.2, 0.25) is 0 Å². The standard InChI is InChI=1S/C19H23N3O5S/c1-3-6-21(2)18(25)11-8-12(23)17(24)15-16(11)22(19(28)20-15)10-4-5-13-14(7-10)27-9-26-13/h3-5,7,11-12,15-17,23-24H,1,6,8-9H2,2H3,(H,20,28). The third kappa shape index (κ3) is 2.99. The summed E-state index contributed by atoms with van der Waals surface area (Å²) in [5.74, 6) is 0.576. The molecule has 1 saturated carbocycles. The van der Waals surface area contributed by atoms with Gasteiger partial charge >= 0.3 is 0 Å². The Balaban J connectivity index is 1.71.